The van der Waals surface area contributed by atoms with Crippen molar-refractivity contribution in [2.75, 3.05) is 24.7 Å². The van der Waals surface area contributed by atoms with E-state index in [4.69, 9.17) is 22.1 Å². The van der Waals surface area contributed by atoms with Gasteiger partial charge in [-0.15, -0.1) is 11.3 Å². The molecule has 0 radical (unpaired) electrons. The third-order valence-corrected chi connectivity index (χ3v) is 5.58. The molecule has 4 aromatic rings. The maximum atomic E-state index is 12.6. The number of hydrogen-bond donors (Lipinski definition) is 1. The Morgan fingerprint density at radius 1 is 1.23 bits per heavy atom. The third-order valence-electron chi connectivity index (χ3n) is 4.24. The molecule has 0 aliphatic carbocycles. The highest BCUT2D eigenvalue weighted by Crippen LogP contribution is 2.31. The Kier molecular flexibility index (Phi) is 5.27. The van der Waals surface area contributed by atoms with E-state index in [0.29, 0.717) is 15.8 Å². The van der Waals surface area contributed by atoms with E-state index in [-0.39, 0.29) is 18.4 Å². The minimum atomic E-state index is -0.469. The molecule has 3 aromatic heterocycles. The molecule has 0 saturated heterocycles. The number of ether oxygens (including phenoxy) is 1. The van der Waals surface area contributed by atoms with Crippen molar-refractivity contribution in [3.63, 3.8) is 0 Å². The maximum Gasteiger partial charge on any atom is 0.348 e. The second-order valence-electron chi connectivity index (χ2n) is 6.68. The van der Waals surface area contributed by atoms with Gasteiger partial charge >= 0.3 is 5.97 Å². The fourth-order valence-electron chi connectivity index (χ4n) is 2.80. The van der Waals surface area contributed by atoms with E-state index in [1.807, 2.05) is 19.1 Å². The molecular weight excluding hydrogens is 426 g/mol. The highest BCUT2D eigenvalue weighted by Gasteiger charge is 2.19. The Hall–Kier alpha value is -3.24. The van der Waals surface area contributed by atoms with Gasteiger partial charge in [0.25, 0.3) is 0 Å². The zero-order valence-electron chi connectivity index (χ0n) is 16.5. The fourth-order valence-corrected chi connectivity index (χ4v) is 4.00. The van der Waals surface area contributed by atoms with E-state index in [9.17, 15) is 4.79 Å². The largest absolute Gasteiger partial charge is 0.453 e. The van der Waals surface area contributed by atoms with Gasteiger partial charge in [-0.25, -0.2) is 9.48 Å². The summed E-state index contributed by atoms with van der Waals surface area (Å²) >= 11 is 7.28. The zero-order chi connectivity index (χ0) is 21.4. The molecule has 154 valence electrons. The summed E-state index contributed by atoms with van der Waals surface area (Å²) in [5.41, 5.74) is 7.38. The van der Waals surface area contributed by atoms with E-state index in [1.165, 1.54) is 11.3 Å². The summed E-state index contributed by atoms with van der Waals surface area (Å²) in [6.07, 6.45) is 0. The van der Waals surface area contributed by atoms with Crippen LogP contribution in [0.15, 0.2) is 30.3 Å². The molecular formula is C19H18ClN7O2S. The van der Waals surface area contributed by atoms with Crippen LogP contribution in [0.1, 0.15) is 21.2 Å². The number of rotatable bonds is 5. The number of carbonyl (C=O) groups is 1. The van der Waals surface area contributed by atoms with Gasteiger partial charge in [0, 0.05) is 24.5 Å². The molecule has 30 heavy (non-hydrogen) atoms. The minimum absolute atomic E-state index is 0.0697. The number of benzene rings is 1. The maximum absolute atomic E-state index is 12.6. The minimum Gasteiger partial charge on any atom is -0.453 e. The number of carbonyl (C=O) groups excluding carboxylic acids is 1. The summed E-state index contributed by atoms with van der Waals surface area (Å²) in [6, 6.07) is 9.12. The average molecular weight is 444 g/mol. The van der Waals surface area contributed by atoms with Crippen LogP contribution in [-0.2, 0) is 11.3 Å². The molecule has 3 heterocycles. The van der Waals surface area contributed by atoms with Crippen molar-refractivity contribution < 1.29 is 9.53 Å². The van der Waals surface area contributed by atoms with Gasteiger partial charge in [0.15, 0.2) is 12.4 Å². The number of esters is 1. The molecule has 2 N–H and O–H groups in total. The number of nitrogen functional groups attached to an aromatic ring is 1. The number of aryl methyl sites for hydroxylation is 1. The molecule has 0 aliphatic heterocycles. The first-order chi connectivity index (χ1) is 14.3. The summed E-state index contributed by atoms with van der Waals surface area (Å²) < 4.78 is 7.19. The fraction of sp³-hybridized carbons (Fsp3) is 0.211. The van der Waals surface area contributed by atoms with Crippen molar-refractivity contribution in [2.24, 2.45) is 0 Å². The van der Waals surface area contributed by atoms with Gasteiger partial charge in [-0.1, -0.05) is 11.6 Å². The van der Waals surface area contributed by atoms with E-state index in [1.54, 1.807) is 41.9 Å². The second-order valence-corrected chi connectivity index (χ2v) is 8.15. The van der Waals surface area contributed by atoms with Crippen molar-refractivity contribution in [1.29, 1.82) is 0 Å². The van der Waals surface area contributed by atoms with Crippen LogP contribution < -0.4 is 10.6 Å². The van der Waals surface area contributed by atoms with Crippen LogP contribution in [0.3, 0.4) is 0 Å². The number of fused-ring (bicyclic) bond motifs is 1. The smallest absolute Gasteiger partial charge is 0.348 e. The van der Waals surface area contributed by atoms with Crippen molar-refractivity contribution in [2.45, 2.75) is 13.5 Å². The summed E-state index contributed by atoms with van der Waals surface area (Å²) in [4.78, 5) is 27.9. The van der Waals surface area contributed by atoms with Crippen molar-refractivity contribution in [3.8, 4) is 5.69 Å². The van der Waals surface area contributed by atoms with Gasteiger partial charge in [0.1, 0.15) is 9.71 Å². The van der Waals surface area contributed by atoms with Crippen LogP contribution >= 0.6 is 22.9 Å². The van der Waals surface area contributed by atoms with Gasteiger partial charge in [0.05, 0.1) is 11.4 Å². The number of nitrogens with zero attached hydrogens (tertiary/aromatic N) is 6. The Bertz CT molecular complexity index is 1230. The molecule has 0 saturated carbocycles. The normalized spacial score (nSPS) is 11.1. The molecule has 0 unspecified atom stereocenters. The molecule has 1 aromatic carbocycles. The summed E-state index contributed by atoms with van der Waals surface area (Å²) in [5.74, 6) is 0.280. The van der Waals surface area contributed by atoms with Crippen LogP contribution in [0.4, 0.5) is 11.9 Å². The van der Waals surface area contributed by atoms with Gasteiger partial charge in [-0.2, -0.15) is 20.1 Å². The molecule has 0 spiro atoms. The van der Waals surface area contributed by atoms with Crippen LogP contribution in [0, 0.1) is 6.92 Å². The monoisotopic (exact) mass is 443 g/mol. The summed E-state index contributed by atoms with van der Waals surface area (Å²) in [5, 5.41) is 6.10. The summed E-state index contributed by atoms with van der Waals surface area (Å²) in [6.45, 7) is 1.79. The first kappa shape index (κ1) is 20.0. The van der Waals surface area contributed by atoms with E-state index in [2.05, 4.69) is 20.1 Å². The lowest BCUT2D eigenvalue weighted by Crippen LogP contribution is -2.17. The van der Waals surface area contributed by atoms with Crippen LogP contribution in [-0.4, -0.2) is 44.8 Å². The van der Waals surface area contributed by atoms with Crippen LogP contribution in [0.5, 0.6) is 0 Å². The quantitative estimate of drug-likeness (QED) is 0.468. The average Bonchev–Trinajstić information content (AvgIpc) is 3.27. The predicted molar refractivity (Wildman–Crippen MR) is 116 cm³/mol. The Labute approximate surface area is 181 Å². The predicted octanol–water partition coefficient (Wildman–Crippen LogP) is 3.24. The lowest BCUT2D eigenvalue weighted by molar-refractivity contribution is 0.0468. The Morgan fingerprint density at radius 3 is 2.67 bits per heavy atom. The SMILES string of the molecule is Cc1nn(-c2ccc(Cl)cc2)c2sc(C(=O)OCc3nc(N)nc(N(C)C)n3)cc12. The van der Waals surface area contributed by atoms with Gasteiger partial charge in [-0.3, -0.25) is 0 Å². The van der Waals surface area contributed by atoms with Gasteiger partial charge < -0.3 is 15.4 Å². The van der Waals surface area contributed by atoms with Crippen LogP contribution in [0.25, 0.3) is 15.9 Å². The Morgan fingerprint density at radius 2 is 1.97 bits per heavy atom. The standard InChI is InChI=1S/C19H18ClN7O2S/c1-10-13-8-14(30-16(13)27(25-10)12-6-4-11(20)5-7-12)17(28)29-9-15-22-18(21)24-19(23-15)26(2)3/h4-8H,9H2,1-3H3,(H2,21,22,23,24). The summed E-state index contributed by atoms with van der Waals surface area (Å²) in [7, 11) is 3.57. The first-order valence-corrected chi connectivity index (χ1v) is 10.1. The molecule has 0 aliphatic rings. The molecule has 0 bridgehead atoms. The topological polar surface area (TPSA) is 112 Å². The molecule has 0 fully saturated rings. The van der Waals surface area contributed by atoms with Crippen LogP contribution in [0.2, 0.25) is 5.02 Å². The zero-order valence-corrected chi connectivity index (χ0v) is 18.0. The van der Waals surface area contributed by atoms with Crippen molar-refractivity contribution in [1.82, 2.24) is 24.7 Å². The third kappa shape index (κ3) is 3.91. The number of halogens is 1. The highest BCUT2D eigenvalue weighted by atomic mass is 35.5. The van der Waals surface area contributed by atoms with Gasteiger partial charge in [-0.05, 0) is 37.3 Å². The Balaban J connectivity index is 1.57. The van der Waals surface area contributed by atoms with E-state index >= 15 is 0 Å². The molecule has 4 rings (SSSR count). The second kappa shape index (κ2) is 7.88. The first-order valence-electron chi connectivity index (χ1n) is 8.92. The lowest BCUT2D eigenvalue weighted by atomic mass is 10.3. The number of nitrogens with two attached hydrogens (primary N) is 1. The van der Waals surface area contributed by atoms with Crippen molar-refractivity contribution >= 4 is 51.0 Å². The molecule has 0 amide bonds. The highest BCUT2D eigenvalue weighted by molar-refractivity contribution is 7.20. The number of hydrogen-bond acceptors (Lipinski definition) is 9. The number of aromatic nitrogens is 5. The number of anilines is 2. The van der Waals surface area contributed by atoms with Gasteiger partial charge in [0.2, 0.25) is 11.9 Å². The van der Waals surface area contributed by atoms with E-state index in [0.717, 1.165) is 21.6 Å². The molecule has 11 heteroatoms. The molecule has 0 atom stereocenters. The number of thiophene rings is 1. The van der Waals surface area contributed by atoms with E-state index < -0.39 is 5.97 Å². The molecule has 9 nitrogen and oxygen atoms in total. The lowest BCUT2D eigenvalue weighted by Gasteiger charge is -2.11. The van der Waals surface area contributed by atoms with Crippen molar-refractivity contribution in [3.05, 3.63) is 51.7 Å².